The lowest BCUT2D eigenvalue weighted by Crippen LogP contribution is -2.43. The van der Waals surface area contributed by atoms with Crippen molar-refractivity contribution in [2.45, 2.75) is 44.6 Å². The molecule has 14 heavy (non-hydrogen) atoms. The van der Waals surface area contributed by atoms with Gasteiger partial charge in [-0.25, -0.2) is 0 Å². The quantitative estimate of drug-likeness (QED) is 0.676. The maximum Gasteiger partial charge on any atom is 0.0243 e. The van der Waals surface area contributed by atoms with Crippen LogP contribution < -0.4 is 5.32 Å². The highest BCUT2D eigenvalue weighted by Crippen LogP contribution is 2.46. The average Bonchev–Trinajstić information content (AvgIpc) is 2.27. The number of fused-ring (bicyclic) bond motifs is 3. The first kappa shape index (κ1) is 10.1. The number of terminal acetylenes is 1. The summed E-state index contributed by atoms with van der Waals surface area (Å²) in [5.74, 6) is 5.65. The van der Waals surface area contributed by atoms with Crippen LogP contribution in [0, 0.1) is 30.1 Å². The summed E-state index contributed by atoms with van der Waals surface area (Å²) >= 11 is 0. The minimum atomic E-state index is 0.577. The molecule has 3 saturated carbocycles. The number of nitrogens with one attached hydrogen (secondary N) is 1. The number of hydrogen-bond donors (Lipinski definition) is 1. The molecule has 0 saturated heterocycles. The Morgan fingerprint density at radius 3 is 2.50 bits per heavy atom. The average molecular weight is 191 g/mol. The highest BCUT2D eigenvalue weighted by molar-refractivity contribution is 4.97. The maximum atomic E-state index is 5.42. The zero-order valence-electron chi connectivity index (χ0n) is 9.13. The molecule has 0 spiro atoms. The highest BCUT2D eigenvalue weighted by atomic mass is 14.9. The van der Waals surface area contributed by atoms with Crippen LogP contribution in [0.2, 0.25) is 0 Å². The van der Waals surface area contributed by atoms with E-state index in [1.807, 2.05) is 0 Å². The Labute approximate surface area is 87.7 Å². The molecule has 78 valence electrons. The summed E-state index contributed by atoms with van der Waals surface area (Å²) in [7, 11) is 2.06. The van der Waals surface area contributed by atoms with Crippen molar-refractivity contribution in [3.8, 4) is 12.3 Å². The molecule has 1 N–H and O–H groups in total. The Balaban J connectivity index is 1.99. The van der Waals surface area contributed by atoms with Gasteiger partial charge in [0.25, 0.3) is 0 Å². The first-order chi connectivity index (χ1) is 6.85. The molecule has 0 aliphatic heterocycles. The van der Waals surface area contributed by atoms with Gasteiger partial charge in [-0.1, -0.05) is 12.8 Å². The molecule has 0 aromatic rings. The van der Waals surface area contributed by atoms with E-state index in [9.17, 15) is 0 Å². The molecule has 1 nitrogen and oxygen atoms in total. The Kier molecular flexibility index (Phi) is 3.13. The number of rotatable bonds is 3. The third-order valence-corrected chi connectivity index (χ3v) is 4.33. The summed E-state index contributed by atoms with van der Waals surface area (Å²) in [6.07, 6.45) is 13.6. The van der Waals surface area contributed by atoms with Gasteiger partial charge in [-0.2, -0.15) is 0 Å². The van der Waals surface area contributed by atoms with E-state index in [1.54, 1.807) is 0 Å². The third kappa shape index (κ3) is 1.81. The Bertz CT molecular complexity index is 220. The molecule has 2 bridgehead atoms. The largest absolute Gasteiger partial charge is 0.316 e. The van der Waals surface area contributed by atoms with Crippen LogP contribution in [0.1, 0.15) is 38.5 Å². The predicted octanol–water partition coefficient (Wildman–Crippen LogP) is 2.42. The second-order valence-corrected chi connectivity index (χ2v) is 4.98. The highest BCUT2D eigenvalue weighted by Gasteiger charge is 2.38. The first-order valence-electron chi connectivity index (χ1n) is 5.96. The summed E-state index contributed by atoms with van der Waals surface area (Å²) in [6, 6.07) is 0.577. The maximum absolute atomic E-state index is 5.42. The molecule has 3 rings (SSSR count). The molecule has 3 aliphatic carbocycles. The fraction of sp³-hybridized carbons (Fsp3) is 0.846. The van der Waals surface area contributed by atoms with Crippen LogP contribution in [0.4, 0.5) is 0 Å². The van der Waals surface area contributed by atoms with Crippen LogP contribution in [0.25, 0.3) is 0 Å². The summed E-state index contributed by atoms with van der Waals surface area (Å²) in [5, 5.41) is 3.42. The summed E-state index contributed by atoms with van der Waals surface area (Å²) in [4.78, 5) is 0. The lowest BCUT2D eigenvalue weighted by atomic mass is 9.62. The van der Waals surface area contributed by atoms with E-state index >= 15 is 0 Å². The normalized spacial score (nSPS) is 37.9. The fourth-order valence-electron chi connectivity index (χ4n) is 3.52. The first-order valence-corrected chi connectivity index (χ1v) is 5.96. The van der Waals surface area contributed by atoms with Gasteiger partial charge in [0.2, 0.25) is 0 Å². The van der Waals surface area contributed by atoms with Crippen molar-refractivity contribution in [2.24, 2.45) is 17.8 Å². The summed E-state index contributed by atoms with van der Waals surface area (Å²) in [6.45, 7) is 0. The minimum absolute atomic E-state index is 0.577. The van der Waals surface area contributed by atoms with Gasteiger partial charge >= 0.3 is 0 Å². The fourth-order valence-corrected chi connectivity index (χ4v) is 3.52. The van der Waals surface area contributed by atoms with Gasteiger partial charge < -0.3 is 5.32 Å². The van der Waals surface area contributed by atoms with Crippen LogP contribution >= 0.6 is 0 Å². The zero-order chi connectivity index (χ0) is 9.97. The molecule has 1 heteroatoms. The van der Waals surface area contributed by atoms with Crippen molar-refractivity contribution in [3.63, 3.8) is 0 Å². The van der Waals surface area contributed by atoms with E-state index in [1.165, 1.54) is 32.1 Å². The van der Waals surface area contributed by atoms with Crippen LogP contribution in [-0.2, 0) is 0 Å². The van der Waals surface area contributed by atoms with Crippen LogP contribution in [0.5, 0.6) is 0 Å². The van der Waals surface area contributed by atoms with Gasteiger partial charge in [0.15, 0.2) is 0 Å². The third-order valence-electron chi connectivity index (χ3n) is 4.33. The Hall–Kier alpha value is -0.480. The zero-order valence-corrected chi connectivity index (χ0v) is 9.13. The van der Waals surface area contributed by atoms with Crippen LogP contribution in [0.15, 0.2) is 0 Å². The molecular weight excluding hydrogens is 170 g/mol. The molecule has 0 amide bonds. The van der Waals surface area contributed by atoms with Gasteiger partial charge in [-0.3, -0.25) is 0 Å². The van der Waals surface area contributed by atoms with Crippen molar-refractivity contribution in [2.75, 3.05) is 7.05 Å². The summed E-state index contributed by atoms with van der Waals surface area (Å²) in [5.41, 5.74) is 0. The van der Waals surface area contributed by atoms with Crippen molar-refractivity contribution in [1.29, 1.82) is 0 Å². The minimum Gasteiger partial charge on any atom is -0.316 e. The Morgan fingerprint density at radius 1 is 1.36 bits per heavy atom. The van der Waals surface area contributed by atoms with E-state index in [2.05, 4.69) is 18.3 Å². The van der Waals surface area contributed by atoms with Crippen molar-refractivity contribution < 1.29 is 0 Å². The monoisotopic (exact) mass is 191 g/mol. The smallest absolute Gasteiger partial charge is 0.0243 e. The van der Waals surface area contributed by atoms with Gasteiger partial charge in [-0.05, 0) is 44.1 Å². The van der Waals surface area contributed by atoms with E-state index in [4.69, 9.17) is 6.42 Å². The van der Waals surface area contributed by atoms with E-state index in [0.29, 0.717) is 6.04 Å². The molecule has 0 heterocycles. The topological polar surface area (TPSA) is 12.0 Å². The summed E-state index contributed by atoms with van der Waals surface area (Å²) < 4.78 is 0. The molecule has 3 aliphatic rings. The second kappa shape index (κ2) is 4.36. The Morgan fingerprint density at radius 2 is 2.07 bits per heavy atom. The van der Waals surface area contributed by atoms with E-state index in [0.717, 1.165) is 24.2 Å². The lowest BCUT2D eigenvalue weighted by Gasteiger charge is -2.45. The van der Waals surface area contributed by atoms with Gasteiger partial charge in [-0.15, -0.1) is 12.3 Å². The van der Waals surface area contributed by atoms with Gasteiger partial charge in [0, 0.05) is 12.5 Å². The van der Waals surface area contributed by atoms with Gasteiger partial charge in [0.05, 0.1) is 0 Å². The van der Waals surface area contributed by atoms with Crippen LogP contribution in [0.3, 0.4) is 0 Å². The molecule has 3 fully saturated rings. The molecule has 2 unspecified atom stereocenters. The molecule has 2 atom stereocenters. The van der Waals surface area contributed by atoms with Crippen molar-refractivity contribution >= 4 is 0 Å². The lowest BCUT2D eigenvalue weighted by molar-refractivity contribution is 0.0740. The van der Waals surface area contributed by atoms with E-state index < -0.39 is 0 Å². The molecule has 0 aromatic heterocycles. The van der Waals surface area contributed by atoms with Gasteiger partial charge in [0.1, 0.15) is 0 Å². The SMILES string of the molecule is C#CCC(NC)C1CC2CCC1CC2. The standard InChI is InChI=1S/C13H21N/c1-3-4-13(14-2)12-9-10-5-7-11(12)8-6-10/h1,10-14H,4-9H2,2H3. The van der Waals surface area contributed by atoms with E-state index in [-0.39, 0.29) is 0 Å². The van der Waals surface area contributed by atoms with Crippen LogP contribution in [-0.4, -0.2) is 13.1 Å². The van der Waals surface area contributed by atoms with Crippen molar-refractivity contribution in [3.05, 3.63) is 0 Å². The molecule has 0 aromatic carbocycles. The van der Waals surface area contributed by atoms with Crippen molar-refractivity contribution in [1.82, 2.24) is 5.32 Å². The molecular formula is C13H21N. The number of hydrogen-bond acceptors (Lipinski definition) is 1. The molecule has 0 radical (unpaired) electrons. The predicted molar refractivity (Wildman–Crippen MR) is 59.9 cm³/mol. The second-order valence-electron chi connectivity index (χ2n) is 4.98.